The molecule has 0 radical (unpaired) electrons. The molecule has 4 atom stereocenters. The van der Waals surface area contributed by atoms with Crippen LogP contribution in [0.25, 0.3) is 11.1 Å². The molecule has 0 spiro atoms. The summed E-state index contributed by atoms with van der Waals surface area (Å²) >= 11 is 0. The molecule has 0 fully saturated rings. The maximum Gasteiger partial charge on any atom is 0.128 e. The molecule has 0 bridgehead atoms. The van der Waals surface area contributed by atoms with Crippen LogP contribution >= 0.6 is 15.8 Å². The summed E-state index contributed by atoms with van der Waals surface area (Å²) in [4.78, 5) is 0. The minimum atomic E-state index is -0.478. The van der Waals surface area contributed by atoms with Gasteiger partial charge in [0.15, 0.2) is 0 Å². The summed E-state index contributed by atoms with van der Waals surface area (Å²) in [5.74, 6) is 3.70. The summed E-state index contributed by atoms with van der Waals surface area (Å²) in [7, 11) is -0.955. The zero-order chi connectivity index (χ0) is 23.6. The largest absolute Gasteiger partial charge is 0.485 e. The fourth-order valence-electron chi connectivity index (χ4n) is 5.09. The van der Waals surface area contributed by atoms with Gasteiger partial charge in [-0.25, -0.2) is 0 Å². The third kappa shape index (κ3) is 4.01. The molecule has 0 amide bonds. The van der Waals surface area contributed by atoms with Crippen molar-refractivity contribution in [2.24, 2.45) is 11.8 Å². The second-order valence-corrected chi connectivity index (χ2v) is 18.0. The standard InChI is InChI=1S/C28H40O2P2/c1-17(2)25-29-21-15-11-13-19(23(21)31(25)27(5,6)7)20-14-12-16-22-24(20)32(28(8,9)10)26(30-22)18(3)4/h11-18,25-26H,1-10H3/t25-,26-,31?,32?/m1/s1. The number of ether oxygens (including phenoxy) is 2. The lowest BCUT2D eigenvalue weighted by Crippen LogP contribution is -2.29. The number of rotatable bonds is 3. The maximum atomic E-state index is 6.65. The molecule has 4 heteroatoms. The normalized spacial score (nSPS) is 25.0. The second-order valence-electron chi connectivity index (χ2n) is 11.9. The van der Waals surface area contributed by atoms with Gasteiger partial charge in [-0.2, -0.15) is 0 Å². The predicted molar refractivity (Wildman–Crippen MR) is 143 cm³/mol. The minimum absolute atomic E-state index is 0.176. The molecule has 2 nitrogen and oxygen atoms in total. The predicted octanol–water partition coefficient (Wildman–Crippen LogP) is 7.91. The highest BCUT2D eigenvalue weighted by atomic mass is 31.1. The molecule has 4 rings (SSSR count). The van der Waals surface area contributed by atoms with Crippen molar-refractivity contribution in [1.29, 1.82) is 0 Å². The lowest BCUT2D eigenvalue weighted by atomic mass is 10.0. The number of fused-ring (bicyclic) bond motifs is 2. The smallest absolute Gasteiger partial charge is 0.128 e. The molecule has 0 N–H and O–H groups in total. The summed E-state index contributed by atoms with van der Waals surface area (Å²) in [6, 6.07) is 13.4. The Morgan fingerprint density at radius 2 is 0.969 bits per heavy atom. The highest BCUT2D eigenvalue weighted by Crippen LogP contribution is 2.64. The highest BCUT2D eigenvalue weighted by molar-refractivity contribution is 7.69. The molecule has 2 aromatic carbocycles. The Morgan fingerprint density at radius 3 is 1.25 bits per heavy atom. The van der Waals surface area contributed by atoms with Gasteiger partial charge in [0.1, 0.15) is 23.2 Å². The number of benzene rings is 2. The van der Waals surface area contributed by atoms with Gasteiger partial charge in [-0.3, -0.25) is 0 Å². The summed E-state index contributed by atoms with van der Waals surface area (Å²) in [5.41, 5.74) is 2.74. The van der Waals surface area contributed by atoms with Crippen LogP contribution in [-0.4, -0.2) is 22.0 Å². The Kier molecular flexibility index (Phi) is 6.22. The van der Waals surface area contributed by atoms with Crippen LogP contribution in [0.15, 0.2) is 36.4 Å². The van der Waals surface area contributed by atoms with E-state index >= 15 is 0 Å². The van der Waals surface area contributed by atoms with Gasteiger partial charge in [0.25, 0.3) is 0 Å². The Hall–Kier alpha value is -1.10. The van der Waals surface area contributed by atoms with Crippen LogP contribution < -0.4 is 20.1 Å². The van der Waals surface area contributed by atoms with Crippen LogP contribution in [0.1, 0.15) is 69.2 Å². The van der Waals surface area contributed by atoms with E-state index in [1.807, 2.05) is 0 Å². The molecule has 2 aliphatic heterocycles. The van der Waals surface area contributed by atoms with Gasteiger partial charge in [0.2, 0.25) is 0 Å². The van der Waals surface area contributed by atoms with Crippen molar-refractivity contribution in [2.45, 2.75) is 91.2 Å². The minimum Gasteiger partial charge on any atom is -0.485 e. The van der Waals surface area contributed by atoms with E-state index in [1.165, 1.54) is 21.7 Å². The molecular formula is C28H40O2P2. The number of hydrogen-bond donors (Lipinski definition) is 0. The Labute approximate surface area is 198 Å². The van der Waals surface area contributed by atoms with Gasteiger partial charge in [0, 0.05) is 10.6 Å². The van der Waals surface area contributed by atoms with Crippen molar-refractivity contribution in [3.63, 3.8) is 0 Å². The first-order valence-corrected chi connectivity index (χ1v) is 14.8. The molecule has 0 aliphatic carbocycles. The van der Waals surface area contributed by atoms with Gasteiger partial charge in [0.05, 0.1) is 0 Å². The molecule has 0 saturated carbocycles. The van der Waals surface area contributed by atoms with E-state index in [2.05, 4.69) is 106 Å². The Morgan fingerprint density at radius 1 is 0.625 bits per heavy atom. The highest BCUT2D eigenvalue weighted by Gasteiger charge is 2.47. The zero-order valence-electron chi connectivity index (χ0n) is 21.5. The van der Waals surface area contributed by atoms with Crippen LogP contribution in [0.2, 0.25) is 0 Å². The topological polar surface area (TPSA) is 18.5 Å². The van der Waals surface area contributed by atoms with Crippen LogP contribution in [0.3, 0.4) is 0 Å². The van der Waals surface area contributed by atoms with Crippen molar-refractivity contribution >= 4 is 26.5 Å². The van der Waals surface area contributed by atoms with E-state index in [-0.39, 0.29) is 22.0 Å². The monoisotopic (exact) mass is 470 g/mol. The lowest BCUT2D eigenvalue weighted by molar-refractivity contribution is 0.239. The summed E-state index contributed by atoms with van der Waals surface area (Å²) in [6.07, 6.45) is 0. The first-order valence-electron chi connectivity index (χ1n) is 12.0. The van der Waals surface area contributed by atoms with Crippen molar-refractivity contribution in [2.75, 3.05) is 0 Å². The van der Waals surface area contributed by atoms with Gasteiger partial charge < -0.3 is 9.47 Å². The first kappa shape index (κ1) is 24.0. The van der Waals surface area contributed by atoms with Gasteiger partial charge >= 0.3 is 0 Å². The van der Waals surface area contributed by atoms with Crippen molar-refractivity contribution in [1.82, 2.24) is 0 Å². The van der Waals surface area contributed by atoms with Gasteiger partial charge in [-0.1, -0.05) is 93.5 Å². The molecule has 174 valence electrons. The molecule has 2 heterocycles. The van der Waals surface area contributed by atoms with Crippen LogP contribution in [0, 0.1) is 11.8 Å². The molecule has 32 heavy (non-hydrogen) atoms. The van der Waals surface area contributed by atoms with Crippen molar-refractivity contribution in [3.05, 3.63) is 36.4 Å². The third-order valence-corrected chi connectivity index (χ3v) is 13.6. The van der Waals surface area contributed by atoms with E-state index in [1.54, 1.807) is 0 Å². The Balaban J connectivity index is 1.96. The molecule has 0 saturated heterocycles. The van der Waals surface area contributed by atoms with Crippen LogP contribution in [0.4, 0.5) is 0 Å². The molecule has 2 unspecified atom stereocenters. The zero-order valence-corrected chi connectivity index (χ0v) is 23.3. The molecular weight excluding hydrogens is 430 g/mol. The average Bonchev–Trinajstić information content (AvgIpc) is 3.26. The lowest BCUT2D eigenvalue weighted by Gasteiger charge is -2.35. The van der Waals surface area contributed by atoms with E-state index in [0.29, 0.717) is 11.8 Å². The van der Waals surface area contributed by atoms with E-state index < -0.39 is 15.8 Å². The number of hydrogen-bond acceptors (Lipinski definition) is 2. The summed E-state index contributed by atoms with van der Waals surface area (Å²) in [5, 5.41) is 3.27. The van der Waals surface area contributed by atoms with Gasteiger partial charge in [-0.15, -0.1) is 0 Å². The van der Waals surface area contributed by atoms with E-state index in [0.717, 1.165) is 11.5 Å². The molecule has 2 aromatic rings. The fourth-order valence-corrected chi connectivity index (χ4v) is 11.7. The molecule has 2 aliphatic rings. The van der Waals surface area contributed by atoms with Crippen LogP contribution in [-0.2, 0) is 0 Å². The van der Waals surface area contributed by atoms with Crippen LogP contribution in [0.5, 0.6) is 11.5 Å². The van der Waals surface area contributed by atoms with Gasteiger partial charge in [-0.05, 0) is 61.3 Å². The van der Waals surface area contributed by atoms with Crippen molar-refractivity contribution in [3.8, 4) is 22.6 Å². The maximum absolute atomic E-state index is 6.65. The first-order chi connectivity index (χ1) is 14.8. The van der Waals surface area contributed by atoms with E-state index in [4.69, 9.17) is 9.47 Å². The SMILES string of the molecule is CC(C)[C@@H]1Oc2cccc(-c3cccc4c3P(C(C)(C)C)[C@H](C(C)C)O4)c2P1C(C)(C)C. The van der Waals surface area contributed by atoms with E-state index in [9.17, 15) is 0 Å². The molecule has 0 aromatic heterocycles. The second kappa shape index (κ2) is 8.29. The summed E-state index contributed by atoms with van der Waals surface area (Å²) in [6.45, 7) is 23.5. The Bertz CT molecular complexity index is 916. The van der Waals surface area contributed by atoms with Crippen molar-refractivity contribution < 1.29 is 9.47 Å². The summed E-state index contributed by atoms with van der Waals surface area (Å²) < 4.78 is 13.3. The quantitative estimate of drug-likeness (QED) is 0.424. The average molecular weight is 471 g/mol. The fraction of sp³-hybridized carbons (Fsp3) is 0.571. The third-order valence-electron chi connectivity index (χ3n) is 6.36.